The van der Waals surface area contributed by atoms with Crippen LogP contribution in [0.4, 0.5) is 4.79 Å². The van der Waals surface area contributed by atoms with Crippen LogP contribution < -0.4 is 0 Å². The molecule has 1 aliphatic carbocycles. The van der Waals surface area contributed by atoms with Gasteiger partial charge in [-0.05, 0) is 52.0 Å². The number of rotatable bonds is 3. The monoisotopic (exact) mass is 317 g/mol. The second-order valence-corrected chi connectivity index (χ2v) is 7.79. The zero-order valence-corrected chi connectivity index (χ0v) is 14.4. The van der Waals surface area contributed by atoms with Gasteiger partial charge >= 0.3 is 6.09 Å². The summed E-state index contributed by atoms with van der Waals surface area (Å²) >= 11 is 0. The maximum absolute atomic E-state index is 12.4. The summed E-state index contributed by atoms with van der Waals surface area (Å²) in [6.07, 6.45) is 4.06. The number of carbonyl (C=O) groups excluding carboxylic acids is 1. The molecule has 1 saturated heterocycles. The Balaban J connectivity index is 1.52. The molecule has 0 atom stereocenters. The summed E-state index contributed by atoms with van der Waals surface area (Å²) in [4.78, 5) is 14.4. The van der Waals surface area contributed by atoms with Gasteiger partial charge < -0.3 is 14.4 Å². The molecule has 1 heterocycles. The SMILES string of the molecule is CC(C)(C)OC(=O)N1CCCC12CC(OCc1ccccc1)C2. The highest BCUT2D eigenvalue weighted by Gasteiger charge is 2.54. The fourth-order valence-electron chi connectivity index (χ4n) is 3.66. The average molecular weight is 317 g/mol. The predicted molar refractivity (Wildman–Crippen MR) is 89.2 cm³/mol. The summed E-state index contributed by atoms with van der Waals surface area (Å²) in [5.74, 6) is 0. The van der Waals surface area contributed by atoms with Crippen LogP contribution in [0.25, 0.3) is 0 Å². The van der Waals surface area contributed by atoms with Crippen LogP contribution in [0.1, 0.15) is 52.0 Å². The number of hydrogen-bond acceptors (Lipinski definition) is 3. The molecule has 4 heteroatoms. The molecule has 0 N–H and O–H groups in total. The first-order valence-electron chi connectivity index (χ1n) is 8.54. The van der Waals surface area contributed by atoms with E-state index < -0.39 is 5.60 Å². The van der Waals surface area contributed by atoms with Gasteiger partial charge in [0.25, 0.3) is 0 Å². The van der Waals surface area contributed by atoms with Crippen molar-refractivity contribution < 1.29 is 14.3 Å². The van der Waals surface area contributed by atoms with Crippen LogP contribution in [0.3, 0.4) is 0 Å². The van der Waals surface area contributed by atoms with Gasteiger partial charge in [-0.1, -0.05) is 30.3 Å². The Bertz CT molecular complexity index is 543. The molecule has 2 fully saturated rings. The van der Waals surface area contributed by atoms with Crippen molar-refractivity contribution in [2.45, 2.75) is 70.3 Å². The van der Waals surface area contributed by atoms with E-state index in [1.807, 2.05) is 43.9 Å². The van der Waals surface area contributed by atoms with Crippen LogP contribution in [0.15, 0.2) is 30.3 Å². The Morgan fingerprint density at radius 3 is 2.61 bits per heavy atom. The maximum atomic E-state index is 12.4. The third-order valence-corrected chi connectivity index (χ3v) is 4.75. The highest BCUT2D eigenvalue weighted by Crippen LogP contribution is 2.47. The van der Waals surface area contributed by atoms with Gasteiger partial charge in [0.05, 0.1) is 18.2 Å². The molecule has 1 spiro atoms. The Morgan fingerprint density at radius 2 is 1.96 bits per heavy atom. The molecule has 1 aromatic rings. The van der Waals surface area contributed by atoms with Crippen molar-refractivity contribution in [3.05, 3.63) is 35.9 Å². The van der Waals surface area contributed by atoms with Crippen LogP contribution in [0.2, 0.25) is 0 Å². The van der Waals surface area contributed by atoms with Gasteiger partial charge in [-0.25, -0.2) is 4.79 Å². The van der Waals surface area contributed by atoms with E-state index in [1.165, 1.54) is 5.56 Å². The van der Waals surface area contributed by atoms with Crippen molar-refractivity contribution in [1.82, 2.24) is 4.90 Å². The van der Waals surface area contributed by atoms with E-state index in [-0.39, 0.29) is 17.7 Å². The molecule has 1 amide bonds. The number of hydrogen-bond donors (Lipinski definition) is 0. The Labute approximate surface area is 138 Å². The lowest BCUT2D eigenvalue weighted by molar-refractivity contribution is -0.0981. The molecule has 2 aliphatic rings. The quantitative estimate of drug-likeness (QED) is 0.841. The smallest absolute Gasteiger partial charge is 0.410 e. The summed E-state index contributed by atoms with van der Waals surface area (Å²) in [5, 5.41) is 0. The van der Waals surface area contributed by atoms with Crippen molar-refractivity contribution in [3.63, 3.8) is 0 Å². The minimum absolute atomic E-state index is 0.0241. The third-order valence-electron chi connectivity index (χ3n) is 4.75. The van der Waals surface area contributed by atoms with Crippen LogP contribution in [-0.2, 0) is 16.1 Å². The molecular weight excluding hydrogens is 290 g/mol. The molecule has 23 heavy (non-hydrogen) atoms. The maximum Gasteiger partial charge on any atom is 0.410 e. The van der Waals surface area contributed by atoms with Crippen LogP contribution in [0.5, 0.6) is 0 Å². The molecule has 1 aliphatic heterocycles. The second-order valence-electron chi connectivity index (χ2n) is 7.79. The fraction of sp³-hybridized carbons (Fsp3) is 0.632. The molecule has 126 valence electrons. The van der Waals surface area contributed by atoms with E-state index in [0.29, 0.717) is 6.61 Å². The largest absolute Gasteiger partial charge is 0.444 e. The highest BCUT2D eigenvalue weighted by atomic mass is 16.6. The van der Waals surface area contributed by atoms with E-state index in [0.717, 1.165) is 32.2 Å². The highest BCUT2D eigenvalue weighted by molar-refractivity contribution is 5.70. The lowest BCUT2D eigenvalue weighted by atomic mass is 9.72. The molecule has 0 unspecified atom stereocenters. The van der Waals surface area contributed by atoms with Gasteiger partial charge in [-0.15, -0.1) is 0 Å². The van der Waals surface area contributed by atoms with Gasteiger partial charge in [0.1, 0.15) is 5.60 Å². The third kappa shape index (κ3) is 3.69. The Morgan fingerprint density at radius 1 is 1.26 bits per heavy atom. The van der Waals surface area contributed by atoms with Gasteiger partial charge in [-0.3, -0.25) is 0 Å². The van der Waals surface area contributed by atoms with Gasteiger partial charge in [0.2, 0.25) is 0 Å². The van der Waals surface area contributed by atoms with Crippen molar-refractivity contribution in [2.24, 2.45) is 0 Å². The van der Waals surface area contributed by atoms with E-state index >= 15 is 0 Å². The first-order chi connectivity index (χ1) is 10.9. The first-order valence-corrected chi connectivity index (χ1v) is 8.54. The Kier molecular flexibility index (Phi) is 4.37. The van der Waals surface area contributed by atoms with E-state index in [2.05, 4.69) is 12.1 Å². The lowest BCUT2D eigenvalue weighted by Gasteiger charge is -2.50. The topological polar surface area (TPSA) is 38.8 Å². The normalized spacial score (nSPS) is 27.1. The van der Waals surface area contributed by atoms with E-state index in [9.17, 15) is 4.79 Å². The standard InChI is InChI=1S/C19H27NO3/c1-18(2,3)23-17(21)20-11-7-10-19(20)12-16(13-19)22-14-15-8-5-4-6-9-15/h4-6,8-9,16H,7,10-14H2,1-3H3. The molecular formula is C19H27NO3. The lowest BCUT2D eigenvalue weighted by Crippen LogP contribution is -2.59. The zero-order valence-electron chi connectivity index (χ0n) is 14.4. The minimum Gasteiger partial charge on any atom is -0.444 e. The molecule has 0 aromatic heterocycles. The van der Waals surface area contributed by atoms with Crippen molar-refractivity contribution in [3.8, 4) is 0 Å². The number of ether oxygens (including phenoxy) is 2. The summed E-state index contributed by atoms with van der Waals surface area (Å²) < 4.78 is 11.6. The van der Waals surface area contributed by atoms with E-state index in [1.54, 1.807) is 0 Å². The van der Waals surface area contributed by atoms with Crippen molar-refractivity contribution in [2.75, 3.05) is 6.54 Å². The number of amides is 1. The van der Waals surface area contributed by atoms with Crippen molar-refractivity contribution >= 4 is 6.09 Å². The molecule has 1 saturated carbocycles. The van der Waals surface area contributed by atoms with Crippen molar-refractivity contribution in [1.29, 1.82) is 0 Å². The molecule has 4 nitrogen and oxygen atoms in total. The minimum atomic E-state index is -0.437. The van der Waals surface area contributed by atoms with Crippen LogP contribution in [0, 0.1) is 0 Å². The fourth-order valence-corrected chi connectivity index (χ4v) is 3.66. The second kappa shape index (κ2) is 6.16. The van der Waals surface area contributed by atoms with Gasteiger partial charge in [0.15, 0.2) is 0 Å². The summed E-state index contributed by atoms with van der Waals surface area (Å²) in [7, 11) is 0. The number of nitrogens with zero attached hydrogens (tertiary/aromatic N) is 1. The molecule has 0 radical (unpaired) electrons. The Hall–Kier alpha value is -1.55. The number of benzene rings is 1. The van der Waals surface area contributed by atoms with E-state index in [4.69, 9.17) is 9.47 Å². The van der Waals surface area contributed by atoms with Crippen LogP contribution in [-0.4, -0.2) is 34.8 Å². The zero-order chi connectivity index (χ0) is 16.5. The number of likely N-dealkylation sites (tertiary alicyclic amines) is 1. The summed E-state index contributed by atoms with van der Waals surface area (Å²) in [6, 6.07) is 10.2. The first kappa shape index (κ1) is 16.3. The summed E-state index contributed by atoms with van der Waals surface area (Å²) in [5.41, 5.74) is 0.737. The van der Waals surface area contributed by atoms with Gasteiger partial charge in [-0.2, -0.15) is 0 Å². The van der Waals surface area contributed by atoms with Gasteiger partial charge in [0, 0.05) is 6.54 Å². The molecule has 1 aromatic carbocycles. The molecule has 3 rings (SSSR count). The van der Waals surface area contributed by atoms with Crippen LogP contribution >= 0.6 is 0 Å². The average Bonchev–Trinajstić information content (AvgIpc) is 2.88. The molecule has 0 bridgehead atoms. The predicted octanol–water partition coefficient (Wildman–Crippen LogP) is 4.14. The number of carbonyl (C=O) groups is 1. The summed E-state index contributed by atoms with van der Waals surface area (Å²) in [6.45, 7) is 7.20.